The summed E-state index contributed by atoms with van der Waals surface area (Å²) in [6, 6.07) is 10.9. The first kappa shape index (κ1) is 21.5. The van der Waals surface area contributed by atoms with Crippen LogP contribution in [0.15, 0.2) is 46.4 Å². The van der Waals surface area contributed by atoms with E-state index < -0.39 is 11.8 Å². The number of nitriles is 1. The molecular weight excluding hydrogens is 429 g/mol. The van der Waals surface area contributed by atoms with Crippen molar-refractivity contribution in [2.24, 2.45) is 11.7 Å². The maximum atomic E-state index is 13.1. The Balaban J connectivity index is 1.58. The molecule has 8 heteroatoms. The van der Waals surface area contributed by atoms with Crippen LogP contribution in [0, 0.1) is 23.1 Å². The van der Waals surface area contributed by atoms with E-state index in [1.165, 1.54) is 29.5 Å². The maximum Gasteiger partial charge on any atom is 0.267 e. The third kappa shape index (κ3) is 4.34. The normalized spacial score (nSPS) is 15.7. The van der Waals surface area contributed by atoms with Gasteiger partial charge in [-0.25, -0.2) is 4.39 Å². The van der Waals surface area contributed by atoms with Crippen molar-refractivity contribution in [3.05, 3.63) is 69.6 Å². The van der Waals surface area contributed by atoms with E-state index in [0.29, 0.717) is 33.6 Å². The Morgan fingerprint density at radius 2 is 2.03 bits per heavy atom. The minimum atomic E-state index is -0.652. The first-order valence-corrected chi connectivity index (χ1v) is 10.9. The van der Waals surface area contributed by atoms with Crippen molar-refractivity contribution in [1.82, 2.24) is 0 Å². The number of hydrogen-bond acceptors (Lipinski definition) is 5. The monoisotopic (exact) mass is 449 g/mol. The summed E-state index contributed by atoms with van der Waals surface area (Å²) in [6.45, 7) is 2.14. The van der Waals surface area contributed by atoms with E-state index in [2.05, 4.69) is 12.2 Å². The summed E-state index contributed by atoms with van der Waals surface area (Å²) in [7, 11) is 0. The first-order chi connectivity index (χ1) is 15.4. The Morgan fingerprint density at radius 1 is 1.28 bits per heavy atom. The number of thiophene rings is 1. The van der Waals surface area contributed by atoms with E-state index in [4.69, 9.17) is 10.2 Å². The molecule has 2 amide bonds. The van der Waals surface area contributed by atoms with Crippen molar-refractivity contribution in [3.63, 3.8) is 0 Å². The van der Waals surface area contributed by atoms with Crippen molar-refractivity contribution in [2.75, 3.05) is 5.32 Å². The predicted octanol–water partition coefficient (Wildman–Crippen LogP) is 4.92. The van der Waals surface area contributed by atoms with E-state index in [0.717, 1.165) is 29.7 Å². The number of carbonyl (C=O) groups excluding carboxylic acids is 2. The van der Waals surface area contributed by atoms with Gasteiger partial charge in [0.2, 0.25) is 0 Å². The van der Waals surface area contributed by atoms with Gasteiger partial charge in [0.25, 0.3) is 11.8 Å². The number of rotatable bonds is 5. The summed E-state index contributed by atoms with van der Waals surface area (Å²) >= 11 is 1.34. The molecule has 0 bridgehead atoms. The summed E-state index contributed by atoms with van der Waals surface area (Å²) in [5.41, 5.74) is 7.31. The molecule has 32 heavy (non-hydrogen) atoms. The molecule has 4 rings (SSSR count). The Bertz CT molecular complexity index is 1260. The number of amides is 2. The minimum Gasteiger partial charge on any atom is -0.457 e. The van der Waals surface area contributed by atoms with Crippen LogP contribution >= 0.6 is 11.3 Å². The fraction of sp³-hybridized carbons (Fsp3) is 0.208. The SMILES string of the molecule is CC1CCc2c(sc(NC(=O)/C(C#N)=C/c3ccc(-c4ccc(F)cc4)o3)c2C(N)=O)C1. The van der Waals surface area contributed by atoms with Gasteiger partial charge in [0.15, 0.2) is 0 Å². The summed E-state index contributed by atoms with van der Waals surface area (Å²) < 4.78 is 18.8. The lowest BCUT2D eigenvalue weighted by molar-refractivity contribution is -0.112. The zero-order chi connectivity index (χ0) is 22.8. The third-order valence-corrected chi connectivity index (χ3v) is 6.56. The number of hydrogen-bond donors (Lipinski definition) is 2. The molecule has 6 nitrogen and oxygen atoms in total. The van der Waals surface area contributed by atoms with E-state index in [-0.39, 0.29) is 11.4 Å². The van der Waals surface area contributed by atoms with Crippen LogP contribution in [0.3, 0.4) is 0 Å². The van der Waals surface area contributed by atoms with Crippen LogP contribution in [0.2, 0.25) is 0 Å². The summed E-state index contributed by atoms with van der Waals surface area (Å²) in [4.78, 5) is 25.9. The number of fused-ring (bicyclic) bond motifs is 1. The lowest BCUT2D eigenvalue weighted by atomic mass is 9.88. The van der Waals surface area contributed by atoms with Gasteiger partial charge in [-0.05, 0) is 67.1 Å². The second-order valence-electron chi connectivity index (χ2n) is 7.75. The topological polar surface area (TPSA) is 109 Å². The molecule has 162 valence electrons. The number of halogens is 1. The molecule has 0 aliphatic heterocycles. The smallest absolute Gasteiger partial charge is 0.267 e. The zero-order valence-electron chi connectivity index (χ0n) is 17.3. The third-order valence-electron chi connectivity index (χ3n) is 5.39. The number of anilines is 1. The van der Waals surface area contributed by atoms with Crippen LogP contribution in [0.5, 0.6) is 0 Å². The molecule has 3 aromatic rings. The highest BCUT2D eigenvalue weighted by Crippen LogP contribution is 2.39. The number of furan rings is 1. The lowest BCUT2D eigenvalue weighted by Gasteiger charge is -2.18. The second kappa shape index (κ2) is 8.81. The number of nitrogens with zero attached hydrogens (tertiary/aromatic N) is 1. The maximum absolute atomic E-state index is 13.1. The van der Waals surface area contributed by atoms with Crippen LogP contribution in [0.1, 0.15) is 39.9 Å². The molecule has 1 atom stereocenters. The molecule has 1 aliphatic carbocycles. The van der Waals surface area contributed by atoms with E-state index in [9.17, 15) is 19.2 Å². The number of nitrogens with two attached hydrogens (primary N) is 1. The van der Waals surface area contributed by atoms with Gasteiger partial charge in [-0.2, -0.15) is 5.26 Å². The average Bonchev–Trinajstić information content (AvgIpc) is 3.36. The summed E-state index contributed by atoms with van der Waals surface area (Å²) in [5, 5.41) is 12.6. The van der Waals surface area contributed by atoms with E-state index in [1.807, 2.05) is 6.07 Å². The van der Waals surface area contributed by atoms with Gasteiger partial charge in [0, 0.05) is 16.5 Å². The number of primary amides is 1. The molecule has 1 aliphatic rings. The number of benzene rings is 1. The molecule has 0 saturated heterocycles. The standard InChI is InChI=1S/C24H20FN3O3S/c1-13-2-8-18-20(10-13)32-24(21(18)22(27)29)28-23(30)15(12-26)11-17-7-9-19(31-17)14-3-5-16(25)6-4-14/h3-7,9,11,13H,2,8,10H2,1H3,(H2,27,29)(H,28,30)/b15-11+. The fourth-order valence-corrected chi connectivity index (χ4v) is 5.17. The number of carbonyl (C=O) groups is 2. The van der Waals surface area contributed by atoms with Crippen LogP contribution in [-0.2, 0) is 17.6 Å². The quantitative estimate of drug-likeness (QED) is 0.426. The number of nitrogens with one attached hydrogen (secondary N) is 1. The van der Waals surface area contributed by atoms with Crippen LogP contribution in [0.25, 0.3) is 17.4 Å². The van der Waals surface area contributed by atoms with Crippen molar-refractivity contribution in [3.8, 4) is 17.4 Å². The molecule has 1 unspecified atom stereocenters. The molecule has 1 aromatic carbocycles. The molecule has 0 radical (unpaired) electrons. The highest BCUT2D eigenvalue weighted by molar-refractivity contribution is 7.17. The van der Waals surface area contributed by atoms with E-state index in [1.54, 1.807) is 24.3 Å². The largest absolute Gasteiger partial charge is 0.457 e. The molecule has 0 fully saturated rings. The summed E-state index contributed by atoms with van der Waals surface area (Å²) in [6.07, 6.45) is 3.84. The van der Waals surface area contributed by atoms with Gasteiger partial charge in [-0.3, -0.25) is 9.59 Å². The highest BCUT2D eigenvalue weighted by atomic mass is 32.1. The van der Waals surface area contributed by atoms with Crippen LogP contribution in [0.4, 0.5) is 9.39 Å². The average molecular weight is 450 g/mol. The van der Waals surface area contributed by atoms with Crippen molar-refractivity contribution >= 4 is 34.2 Å². The van der Waals surface area contributed by atoms with Gasteiger partial charge in [0.05, 0.1) is 5.56 Å². The Labute approximate surface area is 188 Å². The molecule has 0 saturated carbocycles. The molecule has 2 aromatic heterocycles. The summed E-state index contributed by atoms with van der Waals surface area (Å²) in [5.74, 6) is -0.334. The Morgan fingerprint density at radius 3 is 2.72 bits per heavy atom. The second-order valence-corrected chi connectivity index (χ2v) is 8.86. The zero-order valence-corrected chi connectivity index (χ0v) is 18.1. The Hall–Kier alpha value is -3.70. The van der Waals surface area contributed by atoms with Gasteiger partial charge < -0.3 is 15.5 Å². The van der Waals surface area contributed by atoms with Gasteiger partial charge in [-0.15, -0.1) is 11.3 Å². The molecule has 3 N–H and O–H groups in total. The van der Waals surface area contributed by atoms with Crippen molar-refractivity contribution in [2.45, 2.75) is 26.2 Å². The predicted molar refractivity (Wildman–Crippen MR) is 120 cm³/mol. The van der Waals surface area contributed by atoms with Crippen molar-refractivity contribution in [1.29, 1.82) is 5.26 Å². The first-order valence-electron chi connectivity index (χ1n) is 10.1. The van der Waals surface area contributed by atoms with Gasteiger partial charge in [0.1, 0.15) is 34.0 Å². The highest BCUT2D eigenvalue weighted by Gasteiger charge is 2.27. The van der Waals surface area contributed by atoms with Gasteiger partial charge >= 0.3 is 0 Å². The molecular formula is C24H20FN3O3S. The fourth-order valence-electron chi connectivity index (χ4n) is 3.76. The van der Waals surface area contributed by atoms with Crippen molar-refractivity contribution < 1.29 is 18.4 Å². The van der Waals surface area contributed by atoms with E-state index >= 15 is 0 Å². The molecule has 0 spiro atoms. The Kier molecular flexibility index (Phi) is 5.93. The van der Waals surface area contributed by atoms with Gasteiger partial charge in [-0.1, -0.05) is 6.92 Å². The molecule has 2 heterocycles. The minimum absolute atomic E-state index is 0.180. The lowest BCUT2D eigenvalue weighted by Crippen LogP contribution is -2.19. The van der Waals surface area contributed by atoms with Crippen LogP contribution in [-0.4, -0.2) is 11.8 Å². The van der Waals surface area contributed by atoms with Crippen LogP contribution < -0.4 is 11.1 Å².